The molecule has 3 heterocycles. The van der Waals surface area contributed by atoms with E-state index in [4.69, 9.17) is 9.47 Å². The summed E-state index contributed by atoms with van der Waals surface area (Å²) in [6.07, 6.45) is 1.63. The van der Waals surface area contributed by atoms with Gasteiger partial charge in [0.05, 0.1) is 25.5 Å². The highest BCUT2D eigenvalue weighted by Crippen LogP contribution is 2.29. The van der Waals surface area contributed by atoms with Crippen LogP contribution in [0.5, 0.6) is 11.5 Å². The third-order valence-corrected chi connectivity index (χ3v) is 4.53. The number of ether oxygens (including phenoxy) is 2. The first-order chi connectivity index (χ1) is 13.5. The number of rotatable bonds is 5. The number of pyridine rings is 1. The van der Waals surface area contributed by atoms with Gasteiger partial charge in [0.15, 0.2) is 5.82 Å². The molecule has 0 atom stereocenters. The number of hydrogen-bond donors (Lipinski definition) is 0. The number of aryl methyl sites for hydroxylation is 1. The van der Waals surface area contributed by atoms with Crippen LogP contribution < -0.4 is 19.9 Å². The average molecular weight is 378 g/mol. The van der Waals surface area contributed by atoms with Gasteiger partial charge >= 0.3 is 0 Å². The first-order valence-corrected chi connectivity index (χ1v) is 8.66. The van der Waals surface area contributed by atoms with Gasteiger partial charge < -0.3 is 9.47 Å². The molecule has 0 unspecified atom stereocenters. The number of carbonyl (C=O) groups is 1. The van der Waals surface area contributed by atoms with E-state index in [2.05, 4.69) is 10.1 Å². The van der Waals surface area contributed by atoms with Gasteiger partial charge in [-0.2, -0.15) is 5.10 Å². The van der Waals surface area contributed by atoms with E-state index in [1.165, 1.54) is 10.7 Å². The zero-order valence-electron chi connectivity index (χ0n) is 15.5. The quantitative estimate of drug-likeness (QED) is 0.674. The van der Waals surface area contributed by atoms with Gasteiger partial charge in [0, 0.05) is 18.7 Å². The van der Waals surface area contributed by atoms with Gasteiger partial charge in [0.1, 0.15) is 18.1 Å². The number of benzene rings is 1. The maximum absolute atomic E-state index is 12.8. The molecular weight excluding hydrogens is 360 g/mol. The van der Waals surface area contributed by atoms with Crippen molar-refractivity contribution in [2.45, 2.75) is 13.2 Å². The number of hydrogen-bond acceptors (Lipinski definition) is 6. The lowest BCUT2D eigenvalue weighted by Gasteiger charge is -2.14. The van der Waals surface area contributed by atoms with Crippen LogP contribution in [-0.2, 0) is 20.2 Å². The van der Waals surface area contributed by atoms with Crippen LogP contribution in [0.25, 0.3) is 0 Å². The first-order valence-electron chi connectivity index (χ1n) is 8.66. The Kier molecular flexibility index (Phi) is 4.52. The SMILES string of the molecule is COc1ccc(COc2ccc3c(c2)C(=O)N(c2ccc(=O)n(C)n2)C3)nc1. The molecule has 1 aliphatic rings. The summed E-state index contributed by atoms with van der Waals surface area (Å²) in [7, 11) is 3.14. The number of methoxy groups -OCH3 is 1. The summed E-state index contributed by atoms with van der Waals surface area (Å²) in [5.41, 5.74) is 1.98. The van der Waals surface area contributed by atoms with Crippen molar-refractivity contribution in [3.8, 4) is 11.5 Å². The summed E-state index contributed by atoms with van der Waals surface area (Å²) in [4.78, 5) is 30.1. The van der Waals surface area contributed by atoms with Crippen LogP contribution in [0, 0.1) is 0 Å². The molecule has 0 bridgehead atoms. The molecule has 0 N–H and O–H groups in total. The van der Waals surface area contributed by atoms with Crippen LogP contribution in [0.15, 0.2) is 53.5 Å². The van der Waals surface area contributed by atoms with E-state index in [0.29, 0.717) is 29.4 Å². The fraction of sp³-hybridized carbons (Fsp3) is 0.200. The minimum Gasteiger partial charge on any atom is -0.495 e. The number of aromatic nitrogens is 3. The highest BCUT2D eigenvalue weighted by atomic mass is 16.5. The predicted molar refractivity (Wildman–Crippen MR) is 102 cm³/mol. The van der Waals surface area contributed by atoms with E-state index >= 15 is 0 Å². The Morgan fingerprint density at radius 1 is 1.07 bits per heavy atom. The predicted octanol–water partition coefficient (Wildman–Crippen LogP) is 1.92. The van der Waals surface area contributed by atoms with Gasteiger partial charge in [-0.05, 0) is 35.9 Å². The Morgan fingerprint density at radius 2 is 1.89 bits per heavy atom. The Balaban J connectivity index is 1.50. The molecular formula is C20H18N4O4. The normalized spacial score (nSPS) is 12.8. The molecule has 1 aromatic carbocycles. The van der Waals surface area contributed by atoms with Crippen molar-refractivity contribution >= 4 is 11.7 Å². The highest BCUT2D eigenvalue weighted by molar-refractivity contribution is 6.09. The van der Waals surface area contributed by atoms with Crippen LogP contribution in [0.1, 0.15) is 21.6 Å². The summed E-state index contributed by atoms with van der Waals surface area (Å²) < 4.78 is 12.1. The van der Waals surface area contributed by atoms with Gasteiger partial charge in [-0.15, -0.1) is 0 Å². The van der Waals surface area contributed by atoms with Crippen LogP contribution in [0.2, 0.25) is 0 Å². The highest BCUT2D eigenvalue weighted by Gasteiger charge is 2.30. The van der Waals surface area contributed by atoms with Gasteiger partial charge in [0.25, 0.3) is 11.5 Å². The lowest BCUT2D eigenvalue weighted by Crippen LogP contribution is -2.28. The average Bonchev–Trinajstić information content (AvgIpc) is 3.05. The van der Waals surface area contributed by atoms with Crippen molar-refractivity contribution in [2.75, 3.05) is 12.0 Å². The third kappa shape index (κ3) is 3.32. The second-order valence-electron chi connectivity index (χ2n) is 6.34. The van der Waals surface area contributed by atoms with Crippen molar-refractivity contribution in [3.63, 3.8) is 0 Å². The van der Waals surface area contributed by atoms with Crippen molar-refractivity contribution in [2.24, 2.45) is 7.05 Å². The largest absolute Gasteiger partial charge is 0.495 e. The first kappa shape index (κ1) is 17.7. The van der Waals surface area contributed by atoms with E-state index in [1.54, 1.807) is 37.4 Å². The Hall–Kier alpha value is -3.68. The standard InChI is InChI=1S/C20H18N4O4/c1-23-19(25)8-7-18(22-23)24-11-13-3-5-15(9-17(13)20(24)26)28-12-14-4-6-16(27-2)10-21-14/h3-10H,11-12H2,1-2H3. The number of fused-ring (bicyclic) bond motifs is 1. The Labute approximate surface area is 161 Å². The molecule has 28 heavy (non-hydrogen) atoms. The maximum Gasteiger partial charge on any atom is 0.266 e. The molecule has 0 spiro atoms. The maximum atomic E-state index is 12.8. The van der Waals surface area contributed by atoms with Crippen LogP contribution in [-0.4, -0.2) is 27.8 Å². The second-order valence-corrected chi connectivity index (χ2v) is 6.34. The summed E-state index contributed by atoms with van der Waals surface area (Å²) in [6.45, 7) is 0.683. The second kappa shape index (κ2) is 7.15. The Morgan fingerprint density at radius 3 is 2.61 bits per heavy atom. The van der Waals surface area contributed by atoms with Crippen LogP contribution in [0.3, 0.4) is 0 Å². The minimum atomic E-state index is -0.226. The molecule has 8 heteroatoms. The third-order valence-electron chi connectivity index (χ3n) is 4.53. The van der Waals surface area contributed by atoms with Gasteiger partial charge in [-0.3, -0.25) is 19.5 Å². The number of anilines is 1. The van der Waals surface area contributed by atoms with E-state index < -0.39 is 0 Å². The molecule has 8 nitrogen and oxygen atoms in total. The van der Waals surface area contributed by atoms with E-state index in [0.717, 1.165) is 11.3 Å². The molecule has 142 valence electrons. The smallest absolute Gasteiger partial charge is 0.266 e. The lowest BCUT2D eigenvalue weighted by atomic mass is 10.1. The fourth-order valence-electron chi connectivity index (χ4n) is 2.96. The number of carbonyl (C=O) groups excluding carboxylic acids is 1. The molecule has 0 aliphatic carbocycles. The van der Waals surface area contributed by atoms with Gasteiger partial charge in [-0.1, -0.05) is 6.07 Å². The van der Waals surface area contributed by atoms with Gasteiger partial charge in [-0.25, -0.2) is 4.68 Å². The summed E-state index contributed by atoms with van der Waals surface area (Å²) in [5, 5.41) is 4.16. The molecule has 0 saturated carbocycles. The molecule has 1 amide bonds. The monoisotopic (exact) mass is 378 g/mol. The molecule has 0 fully saturated rings. The molecule has 0 radical (unpaired) electrons. The lowest BCUT2D eigenvalue weighted by molar-refractivity contribution is 0.0995. The van der Waals surface area contributed by atoms with E-state index in [1.807, 2.05) is 24.3 Å². The topological polar surface area (TPSA) is 86.5 Å². The molecule has 0 saturated heterocycles. The van der Waals surface area contributed by atoms with Gasteiger partial charge in [0.2, 0.25) is 0 Å². The Bertz CT molecular complexity index is 1090. The summed E-state index contributed by atoms with van der Waals surface area (Å²) >= 11 is 0. The van der Waals surface area contributed by atoms with Crippen molar-refractivity contribution in [3.05, 3.63) is 75.8 Å². The van der Waals surface area contributed by atoms with Crippen LogP contribution >= 0.6 is 0 Å². The van der Waals surface area contributed by atoms with Crippen molar-refractivity contribution in [1.29, 1.82) is 0 Å². The zero-order valence-corrected chi connectivity index (χ0v) is 15.5. The summed E-state index contributed by atoms with van der Waals surface area (Å²) in [6, 6.07) is 12.0. The molecule has 4 rings (SSSR count). The van der Waals surface area contributed by atoms with Crippen molar-refractivity contribution < 1.29 is 14.3 Å². The van der Waals surface area contributed by atoms with E-state index in [9.17, 15) is 9.59 Å². The summed E-state index contributed by atoms with van der Waals surface area (Å²) in [5.74, 6) is 1.53. The molecule has 1 aliphatic heterocycles. The van der Waals surface area contributed by atoms with Crippen LogP contribution in [0.4, 0.5) is 5.82 Å². The molecule has 2 aromatic heterocycles. The minimum absolute atomic E-state index is 0.172. The zero-order chi connectivity index (χ0) is 19.7. The fourth-order valence-corrected chi connectivity index (χ4v) is 2.96. The van der Waals surface area contributed by atoms with E-state index in [-0.39, 0.29) is 18.1 Å². The molecule has 3 aromatic rings. The number of amides is 1. The number of nitrogens with zero attached hydrogens (tertiary/aromatic N) is 4. The van der Waals surface area contributed by atoms with Crippen molar-refractivity contribution in [1.82, 2.24) is 14.8 Å².